The maximum absolute atomic E-state index is 12.2. The molecule has 0 spiro atoms. The Morgan fingerprint density at radius 3 is 2.45 bits per heavy atom. The summed E-state index contributed by atoms with van der Waals surface area (Å²) in [6.45, 7) is 3.89. The summed E-state index contributed by atoms with van der Waals surface area (Å²) in [4.78, 5) is 30.4. The molecule has 3 rings (SSSR count). The number of amides is 1. The van der Waals surface area contributed by atoms with E-state index in [-0.39, 0.29) is 23.2 Å². The van der Waals surface area contributed by atoms with E-state index >= 15 is 0 Å². The predicted molar refractivity (Wildman–Crippen MR) is 79.8 cm³/mol. The van der Waals surface area contributed by atoms with Crippen LogP contribution in [0.3, 0.4) is 0 Å². The smallest absolute Gasteiger partial charge is 0.286 e. The first-order valence-corrected chi connectivity index (χ1v) is 6.42. The number of nitrogens with one attached hydrogen (secondary N) is 3. The molecule has 0 fully saturated rings. The van der Waals surface area contributed by atoms with Gasteiger partial charge in [0, 0.05) is 6.20 Å². The minimum Gasteiger partial charge on any atom is -0.338 e. The predicted octanol–water partition coefficient (Wildman–Crippen LogP) is 2.01. The van der Waals surface area contributed by atoms with Crippen LogP contribution in [-0.4, -0.2) is 20.9 Å². The fraction of sp³-hybridized carbons (Fsp3) is 0.154. The Labute approximate surface area is 124 Å². The van der Waals surface area contributed by atoms with Crippen LogP contribution in [0.1, 0.15) is 21.5 Å². The van der Waals surface area contributed by atoms with Crippen LogP contribution < -0.4 is 16.1 Å². The van der Waals surface area contributed by atoms with Crippen molar-refractivity contribution >= 4 is 29.0 Å². The second-order valence-corrected chi connectivity index (χ2v) is 4.89. The Balaban J connectivity index is 2.08. The van der Waals surface area contributed by atoms with E-state index in [2.05, 4.69) is 20.6 Å². The Morgan fingerprint density at radius 2 is 1.82 bits per heavy atom. The highest BCUT2D eigenvalue weighted by Gasteiger charge is 2.22. The summed E-state index contributed by atoms with van der Waals surface area (Å²) in [6.07, 6.45) is 1.24. The number of hydrazine groups is 1. The largest absolute Gasteiger partial charge is 0.338 e. The van der Waals surface area contributed by atoms with Gasteiger partial charge >= 0.3 is 0 Å². The van der Waals surface area contributed by atoms with Crippen LogP contribution in [-0.2, 0) is 0 Å². The number of carbonyl (C=O) groups is 1. The third kappa shape index (κ3) is 2.39. The Hall–Kier alpha value is -3.23. The van der Waals surface area contributed by atoms with Gasteiger partial charge in [-0.2, -0.15) is 4.98 Å². The van der Waals surface area contributed by atoms with Crippen molar-refractivity contribution in [1.29, 1.82) is 0 Å². The minimum atomic E-state index is -0.764. The maximum Gasteiger partial charge on any atom is 0.286 e. The SMILES string of the molecule is Cc1cc2c(cc1C)Nc1nc(N[N+](=O)[O-])ncc1C(=O)N2. The number of benzene rings is 1. The third-order valence-electron chi connectivity index (χ3n) is 3.36. The standard InChI is InChI=1S/C13H12N6O3/c1-6-3-9-10(4-7(6)2)16-12(20)8-5-14-13(18-19(21)22)17-11(8)15-9/h3-5H,1-2H3,(H,16,20)(H2,14,15,17,18). The van der Waals surface area contributed by atoms with Crippen LogP contribution in [0.2, 0.25) is 0 Å². The van der Waals surface area contributed by atoms with Crippen molar-refractivity contribution in [3.8, 4) is 0 Å². The second-order valence-electron chi connectivity index (χ2n) is 4.89. The first-order valence-electron chi connectivity index (χ1n) is 6.42. The lowest BCUT2D eigenvalue weighted by Gasteiger charge is -2.11. The number of nitro groups is 1. The van der Waals surface area contributed by atoms with Crippen LogP contribution in [0.25, 0.3) is 0 Å². The zero-order chi connectivity index (χ0) is 15.9. The van der Waals surface area contributed by atoms with Gasteiger partial charge in [-0.25, -0.2) is 15.1 Å². The van der Waals surface area contributed by atoms with Crippen molar-refractivity contribution < 1.29 is 9.83 Å². The lowest BCUT2D eigenvalue weighted by atomic mass is 10.1. The summed E-state index contributed by atoms with van der Waals surface area (Å²) >= 11 is 0. The number of rotatable bonds is 2. The molecule has 1 aromatic carbocycles. The third-order valence-corrected chi connectivity index (χ3v) is 3.36. The molecule has 1 amide bonds. The highest BCUT2D eigenvalue weighted by Crippen LogP contribution is 2.33. The molecular weight excluding hydrogens is 288 g/mol. The molecule has 0 aliphatic carbocycles. The number of anilines is 4. The van der Waals surface area contributed by atoms with Crippen LogP contribution >= 0.6 is 0 Å². The van der Waals surface area contributed by atoms with Gasteiger partial charge in [-0.05, 0) is 37.1 Å². The number of fused-ring (bicyclic) bond motifs is 2. The van der Waals surface area contributed by atoms with E-state index < -0.39 is 5.03 Å². The minimum absolute atomic E-state index is 0.198. The molecule has 0 bridgehead atoms. The number of nitrogens with zero attached hydrogens (tertiary/aromatic N) is 3. The van der Waals surface area contributed by atoms with Crippen molar-refractivity contribution in [1.82, 2.24) is 9.97 Å². The monoisotopic (exact) mass is 300 g/mol. The molecule has 0 atom stereocenters. The average molecular weight is 300 g/mol. The van der Waals surface area contributed by atoms with E-state index in [0.29, 0.717) is 11.4 Å². The van der Waals surface area contributed by atoms with E-state index in [4.69, 9.17) is 0 Å². The molecule has 0 saturated heterocycles. The summed E-state index contributed by atoms with van der Waals surface area (Å²) in [5, 5.41) is 15.5. The molecule has 112 valence electrons. The second kappa shape index (κ2) is 4.95. The Kier molecular flexibility index (Phi) is 3.09. The van der Waals surface area contributed by atoms with Crippen molar-refractivity contribution in [2.75, 3.05) is 16.1 Å². The first-order chi connectivity index (χ1) is 10.4. The van der Waals surface area contributed by atoms with Crippen LogP contribution in [0.15, 0.2) is 18.3 Å². The van der Waals surface area contributed by atoms with Gasteiger partial charge in [0.05, 0.1) is 11.4 Å². The quantitative estimate of drug-likeness (QED) is 0.572. The number of aromatic nitrogens is 2. The van der Waals surface area contributed by atoms with E-state index in [1.165, 1.54) is 6.20 Å². The summed E-state index contributed by atoms with van der Waals surface area (Å²) in [6, 6.07) is 3.73. The van der Waals surface area contributed by atoms with Crippen molar-refractivity contribution in [2.45, 2.75) is 13.8 Å². The molecule has 2 aromatic rings. The molecule has 1 aliphatic heterocycles. The van der Waals surface area contributed by atoms with E-state index in [9.17, 15) is 14.9 Å². The van der Waals surface area contributed by atoms with Gasteiger partial charge in [-0.1, -0.05) is 5.43 Å². The summed E-state index contributed by atoms with van der Waals surface area (Å²) in [5.74, 6) is -0.368. The fourth-order valence-corrected chi connectivity index (χ4v) is 2.12. The van der Waals surface area contributed by atoms with E-state index in [1.807, 2.05) is 31.4 Å². The van der Waals surface area contributed by atoms with Gasteiger partial charge < -0.3 is 10.6 Å². The molecule has 9 nitrogen and oxygen atoms in total. The van der Waals surface area contributed by atoms with Gasteiger partial charge in [-0.3, -0.25) is 4.79 Å². The van der Waals surface area contributed by atoms with Gasteiger partial charge in [0.1, 0.15) is 11.4 Å². The Morgan fingerprint density at radius 1 is 1.18 bits per heavy atom. The number of aryl methyl sites for hydroxylation is 2. The normalized spacial score (nSPS) is 12.4. The summed E-state index contributed by atoms with van der Waals surface area (Å²) < 4.78 is 0. The number of hydrogen-bond donors (Lipinski definition) is 3. The molecule has 3 N–H and O–H groups in total. The highest BCUT2D eigenvalue weighted by atomic mass is 16.7. The van der Waals surface area contributed by atoms with Crippen molar-refractivity contribution in [2.24, 2.45) is 0 Å². The van der Waals surface area contributed by atoms with Crippen LogP contribution in [0.5, 0.6) is 0 Å². The van der Waals surface area contributed by atoms with Crippen molar-refractivity contribution in [3.63, 3.8) is 0 Å². The molecular formula is C13H12N6O3. The lowest BCUT2D eigenvalue weighted by Crippen LogP contribution is -2.15. The topological polar surface area (TPSA) is 122 Å². The molecule has 0 unspecified atom stereocenters. The molecule has 0 radical (unpaired) electrons. The number of carbonyl (C=O) groups excluding carboxylic acids is 1. The van der Waals surface area contributed by atoms with Crippen LogP contribution in [0, 0.1) is 24.0 Å². The fourth-order valence-electron chi connectivity index (χ4n) is 2.12. The van der Waals surface area contributed by atoms with Gasteiger partial charge in [0.15, 0.2) is 5.03 Å². The van der Waals surface area contributed by atoms with Gasteiger partial charge in [0.25, 0.3) is 11.9 Å². The van der Waals surface area contributed by atoms with Gasteiger partial charge in [-0.15, -0.1) is 0 Å². The van der Waals surface area contributed by atoms with Crippen molar-refractivity contribution in [3.05, 3.63) is 45.1 Å². The maximum atomic E-state index is 12.2. The highest BCUT2D eigenvalue weighted by molar-refractivity contribution is 6.11. The zero-order valence-corrected chi connectivity index (χ0v) is 11.8. The molecule has 22 heavy (non-hydrogen) atoms. The molecule has 2 heterocycles. The van der Waals surface area contributed by atoms with Crippen LogP contribution in [0.4, 0.5) is 23.1 Å². The zero-order valence-electron chi connectivity index (χ0n) is 11.8. The van der Waals surface area contributed by atoms with Gasteiger partial charge in [0.2, 0.25) is 0 Å². The Bertz CT molecular complexity index is 805. The number of hydrogen-bond acceptors (Lipinski definition) is 6. The van der Waals surface area contributed by atoms with E-state index in [1.54, 1.807) is 0 Å². The van der Waals surface area contributed by atoms with E-state index in [0.717, 1.165) is 11.1 Å². The summed E-state index contributed by atoms with van der Waals surface area (Å²) in [7, 11) is 0. The lowest BCUT2D eigenvalue weighted by molar-refractivity contribution is -0.446. The average Bonchev–Trinajstić information content (AvgIpc) is 2.55. The molecule has 9 heteroatoms. The first kappa shape index (κ1) is 13.7. The summed E-state index contributed by atoms with van der Waals surface area (Å²) in [5.41, 5.74) is 5.44. The molecule has 1 aliphatic rings. The molecule has 0 saturated carbocycles. The molecule has 1 aromatic heterocycles.